The molecule has 2 aliphatic carbocycles. The number of allylic oxidation sites excluding steroid dienone is 5. The molecule has 47 heavy (non-hydrogen) atoms. The molecule has 0 bridgehead atoms. The summed E-state index contributed by atoms with van der Waals surface area (Å²) in [6, 6.07) is 9.21. The minimum Gasteiger partial charge on any atom is -0.478 e. The van der Waals surface area contributed by atoms with E-state index in [0.717, 1.165) is 16.8 Å². The number of nitrogens with zero attached hydrogens (tertiary/aromatic N) is 3. The topological polar surface area (TPSA) is 107 Å². The molecule has 0 aromatic heterocycles. The quantitative estimate of drug-likeness (QED) is 0.366. The highest BCUT2D eigenvalue weighted by molar-refractivity contribution is 6.09. The summed E-state index contributed by atoms with van der Waals surface area (Å²) in [7, 11) is 0. The molecular weight excluding hydrogens is 615 g/mol. The van der Waals surface area contributed by atoms with E-state index in [1.807, 2.05) is 42.7 Å². The second-order valence-electron chi connectivity index (χ2n) is 13.5. The van der Waals surface area contributed by atoms with E-state index in [-0.39, 0.29) is 42.6 Å². The Bertz CT molecular complexity index is 1920. The number of aromatic carboxylic acids is 1. The zero-order valence-electron chi connectivity index (χ0n) is 25.9. The Kier molecular flexibility index (Phi) is 6.68. The van der Waals surface area contributed by atoms with E-state index in [1.54, 1.807) is 17.0 Å². The number of hydroxylamine groups is 2. The number of carbonyl (C=O) groups excluding carboxylic acids is 3. The second-order valence-corrected chi connectivity index (χ2v) is 13.5. The summed E-state index contributed by atoms with van der Waals surface area (Å²) in [4.78, 5) is 56.7. The first-order chi connectivity index (χ1) is 22.0. The van der Waals surface area contributed by atoms with Gasteiger partial charge in [0.1, 0.15) is 0 Å². The van der Waals surface area contributed by atoms with Gasteiger partial charge in [-0.3, -0.25) is 9.59 Å². The minimum atomic E-state index is -2.79. The van der Waals surface area contributed by atoms with Crippen LogP contribution in [-0.2, 0) is 19.8 Å². The van der Waals surface area contributed by atoms with Gasteiger partial charge in [0.15, 0.2) is 18.8 Å². The molecule has 5 aliphatic rings. The summed E-state index contributed by atoms with van der Waals surface area (Å²) < 4.78 is 44.1. The number of alkyl halides is 3. The molecular formula is C35H31F3N3O6+. The van der Waals surface area contributed by atoms with Crippen molar-refractivity contribution < 1.29 is 46.9 Å². The average Bonchev–Trinajstić information content (AvgIpc) is 3.30. The monoisotopic (exact) mass is 646 g/mol. The van der Waals surface area contributed by atoms with E-state index in [9.17, 15) is 37.5 Å². The first-order valence-corrected chi connectivity index (χ1v) is 15.2. The molecule has 2 aromatic rings. The Morgan fingerprint density at radius 3 is 2.21 bits per heavy atom. The Morgan fingerprint density at radius 2 is 1.60 bits per heavy atom. The van der Waals surface area contributed by atoms with Gasteiger partial charge in [0, 0.05) is 36.1 Å². The van der Waals surface area contributed by atoms with Crippen LogP contribution in [0.5, 0.6) is 0 Å². The highest BCUT2D eigenvalue weighted by Crippen LogP contribution is 2.51. The number of benzene rings is 2. The fourth-order valence-electron chi connectivity index (χ4n) is 6.99. The third kappa shape index (κ3) is 5.06. The van der Waals surface area contributed by atoms with Gasteiger partial charge in [0.2, 0.25) is 5.67 Å². The van der Waals surface area contributed by atoms with Crippen LogP contribution in [0.15, 0.2) is 65.8 Å². The molecule has 9 nitrogen and oxygen atoms in total. The molecule has 242 valence electrons. The predicted octanol–water partition coefficient (Wildman–Crippen LogP) is 4.85. The zero-order valence-corrected chi connectivity index (χ0v) is 25.9. The number of hydrogen-bond acceptors (Lipinski definition) is 6. The summed E-state index contributed by atoms with van der Waals surface area (Å²) in [5.41, 5.74) is 2.69. The zero-order chi connectivity index (χ0) is 33.6. The van der Waals surface area contributed by atoms with E-state index in [0.29, 0.717) is 27.5 Å². The van der Waals surface area contributed by atoms with Crippen LogP contribution in [0, 0.1) is 0 Å². The SMILES string of the molecule is CC1(F)C[N+](=C2C=CC3=C(c4cc(C(=O)ON5C(=O)CCC5=O)ccc4C(=O)O)c4ccc(N5CC(F)(F)C5)cc4C(C)(C)C3=C2)C1. The maximum atomic E-state index is 14.5. The molecule has 2 aromatic carbocycles. The average molecular weight is 647 g/mol. The van der Waals surface area contributed by atoms with Gasteiger partial charge in [0.05, 0.1) is 24.2 Å². The lowest BCUT2D eigenvalue weighted by Gasteiger charge is -2.43. The summed E-state index contributed by atoms with van der Waals surface area (Å²) in [6.07, 6.45) is 5.46. The van der Waals surface area contributed by atoms with Crippen LogP contribution in [0.2, 0.25) is 0 Å². The molecule has 0 atom stereocenters. The van der Waals surface area contributed by atoms with E-state index < -0.39 is 53.8 Å². The minimum absolute atomic E-state index is 0.0857. The van der Waals surface area contributed by atoms with Gasteiger partial charge in [-0.05, 0) is 76.7 Å². The summed E-state index contributed by atoms with van der Waals surface area (Å²) in [5, 5.41) is 10.7. The van der Waals surface area contributed by atoms with Crippen molar-refractivity contribution in [2.24, 2.45) is 0 Å². The maximum Gasteiger partial charge on any atom is 0.363 e. The first kappa shape index (κ1) is 30.6. The Balaban J connectivity index is 1.41. The smallest absolute Gasteiger partial charge is 0.363 e. The first-order valence-electron chi connectivity index (χ1n) is 15.2. The maximum absolute atomic E-state index is 14.5. The molecule has 2 amide bonds. The predicted molar refractivity (Wildman–Crippen MR) is 164 cm³/mol. The standard InChI is InChI=1S/C35H30F3N3O6/c1-33(2)26-13-20(39-15-34(3,36)16-39)5-8-23(26)30(24-9-6-21(14-27(24)33)40-17-35(37,38)18-40)25-12-19(4-7-22(25)31(44)45)32(46)47-41-28(42)10-11-29(41)43/h4-9,12-14H,10-11,15-18H2,1-3H3/p+1. The van der Waals surface area contributed by atoms with Gasteiger partial charge in [-0.1, -0.05) is 19.9 Å². The lowest BCUT2D eigenvalue weighted by molar-refractivity contribution is -0.619. The lowest BCUT2D eigenvalue weighted by atomic mass is 9.64. The van der Waals surface area contributed by atoms with Gasteiger partial charge in [-0.25, -0.2) is 27.3 Å². The Morgan fingerprint density at radius 1 is 0.915 bits per heavy atom. The van der Waals surface area contributed by atoms with Crippen LogP contribution in [-0.4, -0.2) is 82.0 Å². The number of rotatable bonds is 5. The van der Waals surface area contributed by atoms with E-state index in [4.69, 9.17) is 4.84 Å². The van der Waals surface area contributed by atoms with Crippen LogP contribution in [0.1, 0.15) is 71.0 Å². The number of imide groups is 1. The van der Waals surface area contributed by atoms with Gasteiger partial charge in [-0.2, -0.15) is 0 Å². The summed E-state index contributed by atoms with van der Waals surface area (Å²) >= 11 is 0. The Labute approximate surface area is 267 Å². The van der Waals surface area contributed by atoms with Gasteiger partial charge in [0.25, 0.3) is 17.7 Å². The van der Waals surface area contributed by atoms with Crippen molar-refractivity contribution in [2.75, 3.05) is 31.1 Å². The van der Waals surface area contributed by atoms with E-state index in [1.165, 1.54) is 25.1 Å². The van der Waals surface area contributed by atoms with Crippen LogP contribution >= 0.6 is 0 Å². The van der Waals surface area contributed by atoms with E-state index in [2.05, 4.69) is 0 Å². The van der Waals surface area contributed by atoms with Crippen molar-refractivity contribution >= 4 is 40.7 Å². The molecule has 12 heteroatoms. The molecule has 0 saturated carbocycles. The van der Waals surface area contributed by atoms with Crippen molar-refractivity contribution in [3.63, 3.8) is 0 Å². The highest BCUT2D eigenvalue weighted by atomic mass is 19.3. The number of amides is 2. The van der Waals surface area contributed by atoms with Crippen LogP contribution < -0.4 is 4.90 Å². The molecule has 0 unspecified atom stereocenters. The van der Waals surface area contributed by atoms with Gasteiger partial charge >= 0.3 is 11.9 Å². The summed E-state index contributed by atoms with van der Waals surface area (Å²) in [6.45, 7) is 5.10. The molecule has 3 saturated heterocycles. The van der Waals surface area contributed by atoms with Crippen molar-refractivity contribution in [1.29, 1.82) is 0 Å². The number of carbonyl (C=O) groups is 4. The molecule has 0 radical (unpaired) electrons. The normalized spacial score (nSPS) is 24.0. The molecule has 0 spiro atoms. The van der Waals surface area contributed by atoms with Gasteiger partial charge < -0.3 is 14.8 Å². The van der Waals surface area contributed by atoms with Crippen molar-refractivity contribution in [3.8, 4) is 0 Å². The molecule has 3 heterocycles. The number of carboxylic acids is 1. The second kappa shape index (κ2) is 10.2. The van der Waals surface area contributed by atoms with Crippen LogP contribution in [0.4, 0.5) is 18.9 Å². The third-order valence-electron chi connectivity index (χ3n) is 9.44. The van der Waals surface area contributed by atoms with E-state index >= 15 is 0 Å². The fourth-order valence-corrected chi connectivity index (χ4v) is 6.99. The third-order valence-corrected chi connectivity index (χ3v) is 9.44. The highest BCUT2D eigenvalue weighted by Gasteiger charge is 2.48. The van der Waals surface area contributed by atoms with Crippen molar-refractivity contribution in [1.82, 2.24) is 5.06 Å². The molecule has 3 fully saturated rings. The fraction of sp³-hybridized carbons (Fsp3) is 0.343. The number of carboxylic acid groups (broad SMARTS) is 1. The molecule has 3 aliphatic heterocycles. The number of hydrogen-bond donors (Lipinski definition) is 1. The molecule has 1 N–H and O–H groups in total. The van der Waals surface area contributed by atoms with Crippen LogP contribution in [0.3, 0.4) is 0 Å². The lowest BCUT2D eigenvalue weighted by Crippen LogP contribution is -2.56. The number of halogens is 3. The van der Waals surface area contributed by atoms with Crippen LogP contribution in [0.25, 0.3) is 5.57 Å². The number of anilines is 1. The Hall–Kier alpha value is -5.00. The summed E-state index contributed by atoms with van der Waals surface area (Å²) in [5.74, 6) is -6.37. The molecule has 7 rings (SSSR count). The van der Waals surface area contributed by atoms with Crippen molar-refractivity contribution in [2.45, 2.75) is 50.6 Å². The number of fused-ring (bicyclic) bond motifs is 2. The largest absolute Gasteiger partial charge is 0.478 e. The van der Waals surface area contributed by atoms with Gasteiger partial charge in [-0.15, -0.1) is 5.06 Å². The van der Waals surface area contributed by atoms with Crippen molar-refractivity contribution in [3.05, 3.63) is 93.6 Å².